The zero-order valence-corrected chi connectivity index (χ0v) is 23.2. The highest BCUT2D eigenvalue weighted by atomic mass is 32.2. The number of urea groups is 1. The van der Waals surface area contributed by atoms with Crippen LogP contribution in [0.5, 0.6) is 0 Å². The molecule has 0 aliphatic rings. The van der Waals surface area contributed by atoms with Crippen LogP contribution >= 0.6 is 11.8 Å². The molecule has 2 amide bonds. The minimum absolute atomic E-state index is 0.311. The number of hydrogen-bond donors (Lipinski definition) is 2. The van der Waals surface area contributed by atoms with Crippen LogP contribution in [0, 0.1) is 11.6 Å². The molecule has 0 aliphatic heterocycles. The minimum atomic E-state index is -0.700. The van der Waals surface area contributed by atoms with Crippen molar-refractivity contribution in [1.29, 1.82) is 0 Å². The molecule has 3 aromatic carbocycles. The number of benzene rings is 3. The summed E-state index contributed by atoms with van der Waals surface area (Å²) >= 11 is 1.31. The van der Waals surface area contributed by atoms with Gasteiger partial charge in [0.2, 0.25) is 0 Å². The van der Waals surface area contributed by atoms with E-state index in [0.29, 0.717) is 29.4 Å². The summed E-state index contributed by atoms with van der Waals surface area (Å²) in [5, 5.41) is -0.0560. The third-order valence-electron chi connectivity index (χ3n) is 6.84. The normalized spacial score (nSPS) is 12.6. The molecule has 41 heavy (non-hydrogen) atoms. The SMILES string of the molecule is CCC(CC(Sc1nc(-c2ccccc2)c(-c2ccccc2)[nH]1)N(C(N)=O)c1ccccn1)c1ccc(F)cc1F. The standard InChI is InChI=1S/C32H29F2N5OS/c1-2-21(25-17-16-24(33)20-26(25)34)19-28(39(31(35)40)27-15-9-10-18-36-27)41-32-37-29(22-11-5-3-6-12-22)30(38-32)23-13-7-4-8-14-23/h3-18,20-21,28H,2,19H2,1H3,(H2,35,40)(H,37,38). The number of primary amides is 1. The Labute approximate surface area is 241 Å². The summed E-state index contributed by atoms with van der Waals surface area (Å²) in [7, 11) is 0. The van der Waals surface area contributed by atoms with Gasteiger partial charge in [-0.25, -0.2) is 23.5 Å². The molecule has 0 spiro atoms. The van der Waals surface area contributed by atoms with Crippen LogP contribution < -0.4 is 10.6 Å². The number of thioether (sulfide) groups is 1. The Balaban J connectivity index is 1.58. The first-order valence-electron chi connectivity index (χ1n) is 13.3. The fraction of sp³-hybridized carbons (Fsp3) is 0.156. The van der Waals surface area contributed by atoms with Gasteiger partial charge in [0.1, 0.15) is 17.5 Å². The number of aromatic nitrogens is 3. The van der Waals surface area contributed by atoms with Gasteiger partial charge in [-0.3, -0.25) is 4.90 Å². The molecule has 0 radical (unpaired) electrons. The second-order valence-corrected chi connectivity index (χ2v) is 10.6. The van der Waals surface area contributed by atoms with Crippen LogP contribution in [0.25, 0.3) is 22.5 Å². The molecule has 2 atom stereocenters. The van der Waals surface area contributed by atoms with Gasteiger partial charge in [0.05, 0.1) is 16.8 Å². The van der Waals surface area contributed by atoms with Gasteiger partial charge in [-0.15, -0.1) is 0 Å². The van der Waals surface area contributed by atoms with Crippen LogP contribution in [-0.4, -0.2) is 26.4 Å². The molecule has 9 heteroatoms. The highest BCUT2D eigenvalue weighted by Gasteiger charge is 2.31. The largest absolute Gasteiger partial charge is 0.351 e. The van der Waals surface area contributed by atoms with Gasteiger partial charge < -0.3 is 10.7 Å². The van der Waals surface area contributed by atoms with Crippen molar-refractivity contribution < 1.29 is 13.6 Å². The number of aromatic amines is 1. The molecule has 208 valence electrons. The van der Waals surface area contributed by atoms with Crippen LogP contribution in [0.3, 0.4) is 0 Å². The number of carbonyl (C=O) groups is 1. The summed E-state index contributed by atoms with van der Waals surface area (Å²) in [6, 6.07) is 27.8. The average Bonchev–Trinajstić information content (AvgIpc) is 3.41. The number of imidazole rings is 1. The minimum Gasteiger partial charge on any atom is -0.351 e. The first kappa shape index (κ1) is 28.0. The number of rotatable bonds is 10. The van der Waals surface area contributed by atoms with Crippen molar-refractivity contribution in [1.82, 2.24) is 15.0 Å². The van der Waals surface area contributed by atoms with E-state index in [4.69, 9.17) is 10.7 Å². The summed E-state index contributed by atoms with van der Waals surface area (Å²) in [6.07, 6.45) is 2.44. The lowest BCUT2D eigenvalue weighted by Crippen LogP contribution is -2.43. The van der Waals surface area contributed by atoms with Crippen LogP contribution in [-0.2, 0) is 0 Å². The Kier molecular flexibility index (Phi) is 8.74. The van der Waals surface area contributed by atoms with Crippen molar-refractivity contribution in [2.45, 2.75) is 36.2 Å². The predicted octanol–water partition coefficient (Wildman–Crippen LogP) is 8.00. The molecular formula is C32H29F2N5OS. The van der Waals surface area contributed by atoms with Gasteiger partial charge in [-0.05, 0) is 42.5 Å². The van der Waals surface area contributed by atoms with E-state index in [1.54, 1.807) is 24.4 Å². The summed E-state index contributed by atoms with van der Waals surface area (Å²) < 4.78 is 28.6. The maximum Gasteiger partial charge on any atom is 0.321 e. The van der Waals surface area contributed by atoms with Crippen LogP contribution in [0.1, 0.15) is 31.2 Å². The third kappa shape index (κ3) is 6.47. The second-order valence-electron chi connectivity index (χ2n) is 9.47. The molecule has 0 saturated carbocycles. The highest BCUT2D eigenvalue weighted by molar-refractivity contribution is 7.99. The topological polar surface area (TPSA) is 87.9 Å². The van der Waals surface area contributed by atoms with Crippen LogP contribution in [0.4, 0.5) is 19.4 Å². The fourth-order valence-electron chi connectivity index (χ4n) is 4.85. The van der Waals surface area contributed by atoms with Crippen LogP contribution in [0.2, 0.25) is 0 Å². The zero-order valence-electron chi connectivity index (χ0n) is 22.4. The molecule has 2 heterocycles. The molecule has 0 aliphatic carbocycles. The first-order chi connectivity index (χ1) is 19.9. The molecule has 2 aromatic heterocycles. The maximum absolute atomic E-state index is 14.9. The van der Waals surface area contributed by atoms with Crippen molar-refractivity contribution in [2.75, 3.05) is 4.90 Å². The third-order valence-corrected chi connectivity index (χ3v) is 7.93. The summed E-state index contributed by atoms with van der Waals surface area (Å²) in [4.78, 5) is 27.1. The zero-order chi connectivity index (χ0) is 28.8. The number of carbonyl (C=O) groups excluding carboxylic acids is 1. The van der Waals surface area contributed by atoms with Crippen molar-refractivity contribution in [3.05, 3.63) is 120 Å². The van der Waals surface area contributed by atoms with Crippen molar-refractivity contribution in [2.24, 2.45) is 5.73 Å². The number of H-pyrrole nitrogens is 1. The van der Waals surface area contributed by atoms with Crippen molar-refractivity contribution in [3.8, 4) is 22.5 Å². The van der Waals surface area contributed by atoms with E-state index in [0.717, 1.165) is 28.6 Å². The number of hydrogen-bond acceptors (Lipinski definition) is 4. The second kappa shape index (κ2) is 12.8. The van der Waals surface area contributed by atoms with Gasteiger partial charge >= 0.3 is 6.03 Å². The Morgan fingerprint density at radius 2 is 1.63 bits per heavy atom. The molecule has 3 N–H and O–H groups in total. The molecule has 0 saturated heterocycles. The number of amides is 2. The predicted molar refractivity (Wildman–Crippen MR) is 159 cm³/mol. The molecule has 5 aromatic rings. The Morgan fingerprint density at radius 1 is 0.951 bits per heavy atom. The van der Waals surface area contributed by atoms with E-state index in [2.05, 4.69) is 9.97 Å². The molecular weight excluding hydrogens is 540 g/mol. The molecule has 0 fully saturated rings. The number of pyridine rings is 1. The summed E-state index contributed by atoms with van der Waals surface area (Å²) in [6.45, 7) is 1.93. The van der Waals surface area contributed by atoms with Crippen molar-refractivity contribution in [3.63, 3.8) is 0 Å². The summed E-state index contributed by atoms with van der Waals surface area (Å²) in [5.41, 5.74) is 9.78. The van der Waals surface area contributed by atoms with E-state index in [1.807, 2.05) is 67.6 Å². The molecule has 6 nitrogen and oxygen atoms in total. The molecule has 5 rings (SSSR count). The van der Waals surface area contributed by atoms with Gasteiger partial charge in [0, 0.05) is 23.4 Å². The Morgan fingerprint density at radius 3 is 2.24 bits per heavy atom. The van der Waals surface area contributed by atoms with E-state index < -0.39 is 23.0 Å². The quantitative estimate of drug-likeness (QED) is 0.132. The van der Waals surface area contributed by atoms with Gasteiger partial charge in [-0.2, -0.15) is 0 Å². The number of nitrogens with two attached hydrogens (primary N) is 1. The monoisotopic (exact) mass is 569 g/mol. The fourth-order valence-corrected chi connectivity index (χ4v) is 6.06. The average molecular weight is 570 g/mol. The van der Waals surface area contributed by atoms with E-state index >= 15 is 0 Å². The van der Waals surface area contributed by atoms with E-state index in [1.165, 1.54) is 28.8 Å². The molecule has 0 bridgehead atoms. The first-order valence-corrected chi connectivity index (χ1v) is 14.1. The lowest BCUT2D eigenvalue weighted by atomic mass is 9.92. The molecule has 2 unspecified atom stereocenters. The highest BCUT2D eigenvalue weighted by Crippen LogP contribution is 2.39. The lowest BCUT2D eigenvalue weighted by Gasteiger charge is -2.31. The van der Waals surface area contributed by atoms with E-state index in [9.17, 15) is 13.6 Å². The van der Waals surface area contributed by atoms with Gasteiger partial charge in [-0.1, -0.05) is 91.5 Å². The number of nitrogens with one attached hydrogen (secondary N) is 1. The summed E-state index contributed by atoms with van der Waals surface area (Å²) in [5.74, 6) is -1.24. The van der Waals surface area contributed by atoms with E-state index in [-0.39, 0.29) is 5.92 Å². The van der Waals surface area contributed by atoms with Crippen molar-refractivity contribution >= 4 is 23.6 Å². The number of anilines is 1. The maximum atomic E-state index is 14.9. The Hall–Kier alpha value is -4.50. The lowest BCUT2D eigenvalue weighted by molar-refractivity contribution is 0.253. The number of halogens is 2. The van der Waals surface area contributed by atoms with Gasteiger partial charge in [0.25, 0.3) is 0 Å². The van der Waals surface area contributed by atoms with Crippen LogP contribution in [0.15, 0.2) is 108 Å². The Bertz CT molecular complexity index is 1540. The smallest absolute Gasteiger partial charge is 0.321 e. The number of nitrogens with zero attached hydrogens (tertiary/aromatic N) is 3. The van der Waals surface area contributed by atoms with Gasteiger partial charge in [0.15, 0.2) is 5.16 Å².